The fourth-order valence-electron chi connectivity index (χ4n) is 4.72. The minimum atomic E-state index is -0.306. The van der Waals surface area contributed by atoms with Crippen molar-refractivity contribution in [3.05, 3.63) is 41.6 Å². The molecule has 1 aliphatic carbocycles. The number of nitriles is 1. The number of benzene rings is 1. The van der Waals surface area contributed by atoms with Crippen molar-refractivity contribution in [3.63, 3.8) is 0 Å². The number of rotatable bonds is 5. The minimum Gasteiger partial charge on any atom is -0.349 e. The highest BCUT2D eigenvalue weighted by molar-refractivity contribution is 6.04. The van der Waals surface area contributed by atoms with E-state index in [0.29, 0.717) is 0 Å². The molecule has 1 saturated carbocycles. The quantitative estimate of drug-likeness (QED) is 0.453. The SMILES string of the molecule is N#C/C(=C\c1cn(CC(=O)N2CCCC2)c2ccccc12)C(=O)NC1CCCCCC1. The Bertz CT molecular complexity index is 1020. The van der Waals surface area contributed by atoms with Crippen LogP contribution in [0.3, 0.4) is 0 Å². The van der Waals surface area contributed by atoms with Crippen molar-refractivity contribution in [2.45, 2.75) is 64.0 Å². The van der Waals surface area contributed by atoms with E-state index < -0.39 is 0 Å². The summed E-state index contributed by atoms with van der Waals surface area (Å²) in [7, 11) is 0. The van der Waals surface area contributed by atoms with Crippen molar-refractivity contribution in [2.75, 3.05) is 13.1 Å². The normalized spacial score (nSPS) is 18.0. The number of amides is 2. The summed E-state index contributed by atoms with van der Waals surface area (Å²) in [6, 6.07) is 10.0. The monoisotopic (exact) mass is 418 g/mol. The Balaban J connectivity index is 1.57. The Kier molecular flexibility index (Phi) is 6.71. The Morgan fingerprint density at radius 2 is 1.77 bits per heavy atom. The summed E-state index contributed by atoms with van der Waals surface area (Å²) >= 11 is 0. The fourth-order valence-corrected chi connectivity index (χ4v) is 4.72. The van der Waals surface area contributed by atoms with Crippen molar-refractivity contribution in [2.24, 2.45) is 0 Å². The molecule has 2 fully saturated rings. The Morgan fingerprint density at radius 3 is 2.48 bits per heavy atom. The summed E-state index contributed by atoms with van der Waals surface area (Å²) in [5.74, 6) is -0.195. The number of carbonyl (C=O) groups excluding carboxylic acids is 2. The third kappa shape index (κ3) is 4.99. The smallest absolute Gasteiger partial charge is 0.262 e. The van der Waals surface area contributed by atoms with Gasteiger partial charge in [-0.15, -0.1) is 0 Å². The number of likely N-dealkylation sites (tertiary alicyclic amines) is 1. The van der Waals surface area contributed by atoms with E-state index in [1.54, 1.807) is 6.08 Å². The van der Waals surface area contributed by atoms with Gasteiger partial charge in [-0.25, -0.2) is 0 Å². The lowest BCUT2D eigenvalue weighted by atomic mass is 10.1. The second kappa shape index (κ2) is 9.82. The van der Waals surface area contributed by atoms with Gasteiger partial charge in [-0.2, -0.15) is 5.26 Å². The van der Waals surface area contributed by atoms with Crippen LogP contribution in [0.5, 0.6) is 0 Å². The number of nitrogens with zero attached hydrogens (tertiary/aromatic N) is 3. The van der Waals surface area contributed by atoms with E-state index in [1.807, 2.05) is 39.9 Å². The van der Waals surface area contributed by atoms with Crippen LogP contribution in [0.15, 0.2) is 36.0 Å². The summed E-state index contributed by atoms with van der Waals surface area (Å²) in [5, 5.41) is 13.7. The molecule has 0 spiro atoms. The number of hydrogen-bond donors (Lipinski definition) is 1. The molecule has 4 rings (SSSR count). The predicted octanol–water partition coefficient (Wildman–Crippen LogP) is 4.01. The molecular formula is C25H30N4O2. The van der Waals surface area contributed by atoms with E-state index in [2.05, 4.69) is 11.4 Å². The zero-order valence-corrected chi connectivity index (χ0v) is 18.0. The van der Waals surface area contributed by atoms with Crippen LogP contribution in [0.4, 0.5) is 0 Å². The first-order chi connectivity index (χ1) is 15.2. The summed E-state index contributed by atoms with van der Waals surface area (Å²) in [6.07, 6.45) is 12.3. The molecule has 1 aliphatic heterocycles. The Morgan fingerprint density at radius 1 is 1.06 bits per heavy atom. The van der Waals surface area contributed by atoms with Gasteiger partial charge in [0.2, 0.25) is 5.91 Å². The van der Waals surface area contributed by atoms with Crippen molar-refractivity contribution >= 4 is 28.8 Å². The van der Waals surface area contributed by atoms with Gasteiger partial charge in [0.15, 0.2) is 0 Å². The molecule has 6 nitrogen and oxygen atoms in total. The lowest BCUT2D eigenvalue weighted by molar-refractivity contribution is -0.130. The van der Waals surface area contributed by atoms with E-state index in [4.69, 9.17) is 0 Å². The molecule has 2 aromatic rings. The number of fused-ring (bicyclic) bond motifs is 1. The number of hydrogen-bond acceptors (Lipinski definition) is 3. The average Bonchev–Trinajstić information content (AvgIpc) is 3.35. The minimum absolute atomic E-state index is 0.109. The van der Waals surface area contributed by atoms with Crippen LogP contribution in [-0.2, 0) is 16.1 Å². The first kappa shape index (κ1) is 21.2. The van der Waals surface area contributed by atoms with E-state index in [-0.39, 0.29) is 30.0 Å². The van der Waals surface area contributed by atoms with E-state index in [0.717, 1.165) is 68.1 Å². The van der Waals surface area contributed by atoms with Crippen LogP contribution in [0.1, 0.15) is 56.9 Å². The third-order valence-corrected chi connectivity index (χ3v) is 6.44. The van der Waals surface area contributed by atoms with Gasteiger partial charge in [0, 0.05) is 41.8 Å². The molecule has 0 radical (unpaired) electrons. The van der Waals surface area contributed by atoms with Gasteiger partial charge in [0.1, 0.15) is 18.2 Å². The zero-order valence-electron chi connectivity index (χ0n) is 18.0. The summed E-state index contributed by atoms with van der Waals surface area (Å²) < 4.78 is 1.93. The van der Waals surface area contributed by atoms with Crippen LogP contribution >= 0.6 is 0 Å². The van der Waals surface area contributed by atoms with Crippen LogP contribution in [0, 0.1) is 11.3 Å². The molecule has 0 bridgehead atoms. The van der Waals surface area contributed by atoms with Gasteiger partial charge in [-0.05, 0) is 37.8 Å². The maximum atomic E-state index is 12.8. The van der Waals surface area contributed by atoms with Gasteiger partial charge < -0.3 is 14.8 Å². The van der Waals surface area contributed by atoms with Gasteiger partial charge >= 0.3 is 0 Å². The molecule has 2 amide bonds. The summed E-state index contributed by atoms with van der Waals surface area (Å²) in [4.78, 5) is 27.4. The van der Waals surface area contributed by atoms with E-state index in [1.165, 1.54) is 12.8 Å². The topological polar surface area (TPSA) is 78.1 Å². The number of aromatic nitrogens is 1. The standard InChI is InChI=1S/C25H30N4O2/c26-16-19(25(31)27-21-9-3-1-2-4-10-21)15-20-17-29(23-12-6-5-11-22(20)23)18-24(30)28-13-7-8-14-28/h5-6,11-12,15,17,21H,1-4,7-10,13-14,18H2,(H,27,31)/b19-15+. The fraction of sp³-hybridized carbons (Fsp3) is 0.480. The highest BCUT2D eigenvalue weighted by Crippen LogP contribution is 2.25. The molecule has 1 N–H and O–H groups in total. The molecule has 2 aliphatic rings. The molecule has 1 aromatic heterocycles. The third-order valence-electron chi connectivity index (χ3n) is 6.44. The second-order valence-corrected chi connectivity index (χ2v) is 8.65. The zero-order chi connectivity index (χ0) is 21.6. The van der Waals surface area contributed by atoms with E-state index >= 15 is 0 Å². The molecular weight excluding hydrogens is 388 g/mol. The Labute approximate surface area is 183 Å². The summed E-state index contributed by atoms with van der Waals surface area (Å²) in [5.41, 5.74) is 1.83. The van der Waals surface area contributed by atoms with Crippen molar-refractivity contribution in [1.82, 2.24) is 14.8 Å². The second-order valence-electron chi connectivity index (χ2n) is 8.65. The largest absolute Gasteiger partial charge is 0.349 e. The highest BCUT2D eigenvalue weighted by atomic mass is 16.2. The maximum absolute atomic E-state index is 12.8. The van der Waals surface area contributed by atoms with Crippen molar-refractivity contribution < 1.29 is 9.59 Å². The predicted molar refractivity (Wildman–Crippen MR) is 121 cm³/mol. The molecule has 6 heteroatoms. The molecule has 2 heterocycles. The van der Waals surface area contributed by atoms with Crippen LogP contribution in [0.25, 0.3) is 17.0 Å². The van der Waals surface area contributed by atoms with Crippen LogP contribution in [0.2, 0.25) is 0 Å². The lowest BCUT2D eigenvalue weighted by Crippen LogP contribution is -2.35. The first-order valence-corrected chi connectivity index (χ1v) is 11.4. The maximum Gasteiger partial charge on any atom is 0.262 e. The van der Waals surface area contributed by atoms with E-state index in [9.17, 15) is 14.9 Å². The lowest BCUT2D eigenvalue weighted by Gasteiger charge is -2.16. The van der Waals surface area contributed by atoms with Crippen LogP contribution < -0.4 is 5.32 Å². The first-order valence-electron chi connectivity index (χ1n) is 11.4. The summed E-state index contributed by atoms with van der Waals surface area (Å²) in [6.45, 7) is 1.92. The van der Waals surface area contributed by atoms with Crippen molar-refractivity contribution in [3.8, 4) is 6.07 Å². The molecule has 0 unspecified atom stereocenters. The van der Waals surface area contributed by atoms with Gasteiger partial charge in [0.05, 0.1) is 0 Å². The molecule has 31 heavy (non-hydrogen) atoms. The molecule has 0 atom stereocenters. The number of para-hydroxylation sites is 1. The molecule has 1 saturated heterocycles. The van der Waals surface area contributed by atoms with Crippen molar-refractivity contribution in [1.29, 1.82) is 5.26 Å². The highest BCUT2D eigenvalue weighted by Gasteiger charge is 2.21. The van der Waals surface area contributed by atoms with Crippen LogP contribution in [-0.4, -0.2) is 40.4 Å². The number of carbonyl (C=O) groups is 2. The Hall–Kier alpha value is -3.07. The van der Waals surface area contributed by atoms with Gasteiger partial charge in [0.25, 0.3) is 5.91 Å². The average molecular weight is 419 g/mol. The molecule has 162 valence electrons. The van der Waals surface area contributed by atoms with Gasteiger partial charge in [-0.3, -0.25) is 9.59 Å². The number of nitrogens with one attached hydrogen (secondary N) is 1. The molecule has 1 aromatic carbocycles. The van der Waals surface area contributed by atoms with Gasteiger partial charge in [-0.1, -0.05) is 43.9 Å².